The number of oxime groups is 1. The van der Waals surface area contributed by atoms with Crippen LogP contribution in [0.2, 0.25) is 0 Å². The summed E-state index contributed by atoms with van der Waals surface area (Å²) in [6.07, 6.45) is 0.169. The normalized spacial score (nSPS) is 16.7. The van der Waals surface area contributed by atoms with Gasteiger partial charge in [-0.3, -0.25) is 15.0 Å². The minimum Gasteiger partial charge on any atom is -0.481 e. The molecule has 2 aromatic rings. The topological polar surface area (TPSA) is 138 Å². The van der Waals surface area contributed by atoms with Gasteiger partial charge in [-0.1, -0.05) is 35.5 Å². The van der Waals surface area contributed by atoms with Crippen LogP contribution in [0.4, 0.5) is 0 Å². The van der Waals surface area contributed by atoms with Gasteiger partial charge in [0, 0.05) is 23.4 Å². The van der Waals surface area contributed by atoms with E-state index in [1.165, 1.54) is 11.3 Å². The average Bonchev–Trinajstić information content (AvgIpc) is 3.34. The minimum atomic E-state index is -0.973. The van der Waals surface area contributed by atoms with Crippen LogP contribution < -0.4 is 11.1 Å². The predicted octanol–water partition coefficient (Wildman–Crippen LogP) is 1.90. The molecular weight excluding hydrogens is 380 g/mol. The molecule has 0 radical (unpaired) electrons. The molecule has 1 aromatic carbocycles. The molecule has 1 unspecified atom stereocenters. The Morgan fingerprint density at radius 2 is 2.11 bits per heavy atom. The van der Waals surface area contributed by atoms with Gasteiger partial charge in [0.2, 0.25) is 5.91 Å². The number of rotatable bonds is 8. The van der Waals surface area contributed by atoms with Crippen molar-refractivity contribution in [2.24, 2.45) is 10.9 Å². The fourth-order valence-corrected chi connectivity index (χ4v) is 3.66. The largest absolute Gasteiger partial charge is 0.481 e. The molecule has 28 heavy (non-hydrogen) atoms. The Morgan fingerprint density at radius 1 is 1.36 bits per heavy atom. The highest BCUT2D eigenvalue weighted by Crippen LogP contribution is 2.22. The van der Waals surface area contributed by atoms with E-state index in [0.717, 1.165) is 11.3 Å². The second-order valence-electron chi connectivity index (χ2n) is 6.37. The van der Waals surface area contributed by atoms with Gasteiger partial charge in [-0.05, 0) is 17.0 Å². The molecule has 5 N–H and O–H groups in total. The third-order valence-corrected chi connectivity index (χ3v) is 5.35. The summed E-state index contributed by atoms with van der Waals surface area (Å²) in [7, 11) is 0. The van der Waals surface area contributed by atoms with Crippen LogP contribution in [0.25, 0.3) is 0 Å². The maximum Gasteiger partial charge on any atom is 0.313 e. The van der Waals surface area contributed by atoms with Crippen LogP contribution in [0.15, 0.2) is 46.9 Å². The molecule has 1 aromatic heterocycles. The highest BCUT2D eigenvalue weighted by Gasteiger charge is 2.26. The van der Waals surface area contributed by atoms with Gasteiger partial charge in [0.05, 0.1) is 12.1 Å². The number of nitrogens with zero attached hydrogens (tertiary/aromatic N) is 1. The van der Waals surface area contributed by atoms with E-state index in [1.807, 2.05) is 0 Å². The Morgan fingerprint density at radius 3 is 2.71 bits per heavy atom. The monoisotopic (exact) mass is 400 g/mol. The first kappa shape index (κ1) is 19.6. The van der Waals surface area contributed by atoms with Gasteiger partial charge >= 0.3 is 5.97 Å². The lowest BCUT2D eigenvalue weighted by atomic mass is 10.0. The van der Waals surface area contributed by atoms with E-state index in [0.29, 0.717) is 16.9 Å². The molecule has 1 aliphatic heterocycles. The maximum atomic E-state index is 12.2. The number of thiophene rings is 1. The Hall–Kier alpha value is -3.20. The van der Waals surface area contributed by atoms with Crippen LogP contribution in [-0.2, 0) is 14.4 Å². The van der Waals surface area contributed by atoms with Gasteiger partial charge in [-0.25, -0.2) is 0 Å². The van der Waals surface area contributed by atoms with E-state index >= 15 is 0 Å². The van der Waals surface area contributed by atoms with Crippen LogP contribution in [0.3, 0.4) is 0 Å². The molecule has 0 bridgehead atoms. The maximum absolute atomic E-state index is 12.2. The molecule has 0 fully saturated rings. The van der Waals surface area contributed by atoms with Gasteiger partial charge in [0.25, 0.3) is 0 Å². The average molecular weight is 400 g/mol. The number of carboxylic acid groups (broad SMARTS) is 1. The van der Waals surface area contributed by atoms with Crippen LogP contribution >= 0.6 is 11.3 Å². The third kappa shape index (κ3) is 4.74. The lowest BCUT2D eigenvalue weighted by Gasteiger charge is -2.13. The van der Waals surface area contributed by atoms with Crippen molar-refractivity contribution in [1.82, 2.24) is 5.32 Å². The number of nitrogen functional groups attached to an aromatic ring is 1. The number of nitrogens with two attached hydrogens (primary N) is 1. The molecular formula is C19H20N4O4S. The van der Waals surface area contributed by atoms with Crippen molar-refractivity contribution < 1.29 is 19.5 Å². The Balaban J connectivity index is 1.49. The number of carbonyl (C=O) groups is 2. The second-order valence-corrected chi connectivity index (χ2v) is 7.35. The summed E-state index contributed by atoms with van der Waals surface area (Å²) in [5, 5.41) is 25.3. The molecule has 2 heterocycles. The first-order chi connectivity index (χ1) is 13.4. The lowest BCUT2D eigenvalue weighted by molar-refractivity contribution is -0.138. The Labute approximate surface area is 165 Å². The molecule has 146 valence electrons. The summed E-state index contributed by atoms with van der Waals surface area (Å²) in [4.78, 5) is 29.6. The summed E-state index contributed by atoms with van der Waals surface area (Å²) < 4.78 is 0. The van der Waals surface area contributed by atoms with Crippen molar-refractivity contribution in [1.29, 1.82) is 5.41 Å². The van der Waals surface area contributed by atoms with Crippen molar-refractivity contribution >= 4 is 34.8 Å². The van der Waals surface area contributed by atoms with Crippen molar-refractivity contribution in [2.45, 2.75) is 24.9 Å². The van der Waals surface area contributed by atoms with Crippen molar-refractivity contribution in [2.75, 3.05) is 6.54 Å². The van der Waals surface area contributed by atoms with E-state index < -0.39 is 18.0 Å². The summed E-state index contributed by atoms with van der Waals surface area (Å²) in [5.41, 5.74) is 7.63. The van der Waals surface area contributed by atoms with Crippen molar-refractivity contribution in [3.63, 3.8) is 0 Å². The first-order valence-corrected chi connectivity index (χ1v) is 9.52. The third-order valence-electron chi connectivity index (χ3n) is 4.36. The number of nitrogens with one attached hydrogen (secondary N) is 2. The molecule has 1 aliphatic rings. The number of aliphatic carboxylic acids is 1. The molecule has 9 heteroatoms. The number of benzene rings is 1. The zero-order valence-corrected chi connectivity index (χ0v) is 15.7. The fraction of sp³-hybridized carbons (Fsp3) is 0.263. The smallest absolute Gasteiger partial charge is 0.313 e. The van der Waals surface area contributed by atoms with Crippen molar-refractivity contribution in [3.8, 4) is 0 Å². The van der Waals surface area contributed by atoms with E-state index in [9.17, 15) is 14.7 Å². The SMILES string of the molecule is N=C(N)c1ccc(C2=NOC(CC(=O)NC[C@H](C(=O)O)c3cccs3)C2)cc1. The molecule has 0 spiro atoms. The second kappa shape index (κ2) is 8.66. The van der Waals surface area contributed by atoms with Crippen LogP contribution in [-0.4, -0.2) is 41.2 Å². The van der Waals surface area contributed by atoms with Crippen LogP contribution in [0, 0.1) is 5.41 Å². The van der Waals surface area contributed by atoms with Crippen molar-refractivity contribution in [3.05, 3.63) is 57.8 Å². The molecule has 2 atom stereocenters. The molecule has 8 nitrogen and oxygen atoms in total. The summed E-state index contributed by atoms with van der Waals surface area (Å²) >= 11 is 1.35. The highest BCUT2D eigenvalue weighted by atomic mass is 32.1. The summed E-state index contributed by atoms with van der Waals surface area (Å²) in [6.45, 7) is 0.0294. The highest BCUT2D eigenvalue weighted by molar-refractivity contribution is 7.10. The zero-order valence-electron chi connectivity index (χ0n) is 14.9. The zero-order chi connectivity index (χ0) is 20.1. The van der Waals surface area contributed by atoms with Gasteiger partial charge in [-0.2, -0.15) is 0 Å². The fourth-order valence-electron chi connectivity index (χ4n) is 2.84. The van der Waals surface area contributed by atoms with E-state index in [4.69, 9.17) is 16.0 Å². The van der Waals surface area contributed by atoms with E-state index in [2.05, 4.69) is 10.5 Å². The van der Waals surface area contributed by atoms with Gasteiger partial charge < -0.3 is 21.0 Å². The number of carboxylic acids is 1. The standard InChI is InChI=1S/C19H20N4O4S/c20-18(21)12-5-3-11(4-6-12)15-8-13(27-23-15)9-17(24)22-10-14(19(25)26)16-2-1-7-28-16/h1-7,13-14H,8-10H2,(H3,20,21)(H,22,24)(H,25,26)/t13?,14-/m0/s1. The summed E-state index contributed by atoms with van der Waals surface area (Å²) in [5.74, 6) is -2.02. The molecule has 0 aliphatic carbocycles. The van der Waals surface area contributed by atoms with Crippen LogP contribution in [0.5, 0.6) is 0 Å². The summed E-state index contributed by atoms with van der Waals surface area (Å²) in [6, 6.07) is 10.6. The minimum absolute atomic E-state index is 0.00655. The number of carbonyl (C=O) groups excluding carboxylic acids is 1. The molecule has 1 amide bonds. The predicted molar refractivity (Wildman–Crippen MR) is 106 cm³/mol. The van der Waals surface area contributed by atoms with Gasteiger partial charge in [0.15, 0.2) is 0 Å². The van der Waals surface area contributed by atoms with Gasteiger partial charge in [-0.15, -0.1) is 11.3 Å². The van der Waals surface area contributed by atoms with Gasteiger partial charge in [0.1, 0.15) is 17.9 Å². The Kier molecular flexibility index (Phi) is 6.05. The molecule has 3 rings (SSSR count). The number of amides is 1. The number of hydrogen-bond acceptors (Lipinski definition) is 6. The lowest BCUT2D eigenvalue weighted by Crippen LogP contribution is -2.33. The molecule has 0 saturated heterocycles. The Bertz CT molecular complexity index is 893. The van der Waals surface area contributed by atoms with Crippen LogP contribution in [0.1, 0.15) is 34.8 Å². The number of amidine groups is 1. The molecule has 0 saturated carbocycles. The quantitative estimate of drug-likeness (QED) is 0.396. The van der Waals surface area contributed by atoms with E-state index in [1.54, 1.807) is 41.8 Å². The van der Waals surface area contributed by atoms with E-state index in [-0.39, 0.29) is 24.7 Å². The first-order valence-electron chi connectivity index (χ1n) is 8.64. The number of hydrogen-bond donors (Lipinski definition) is 4.